The first-order valence-corrected chi connectivity index (χ1v) is 8.39. The molecule has 0 radical (unpaired) electrons. The normalized spacial score (nSPS) is 16.8. The quantitative estimate of drug-likeness (QED) is 0.821. The highest BCUT2D eigenvalue weighted by atomic mass is 35.5. The van der Waals surface area contributed by atoms with Gasteiger partial charge in [0, 0.05) is 49.3 Å². The molecule has 0 spiro atoms. The van der Waals surface area contributed by atoms with Crippen molar-refractivity contribution in [2.24, 2.45) is 0 Å². The van der Waals surface area contributed by atoms with E-state index in [1.807, 2.05) is 24.3 Å². The summed E-state index contributed by atoms with van der Waals surface area (Å²) in [6.45, 7) is 6.12. The maximum Gasteiger partial charge on any atom is 0.0451 e. The lowest BCUT2D eigenvalue weighted by atomic mass is 10.1. The minimum Gasteiger partial charge on any atom is -0.296 e. The maximum atomic E-state index is 6.25. The van der Waals surface area contributed by atoms with Gasteiger partial charge < -0.3 is 0 Å². The summed E-state index contributed by atoms with van der Waals surface area (Å²) in [5.74, 6) is 0. The van der Waals surface area contributed by atoms with Crippen LogP contribution in [0.15, 0.2) is 48.5 Å². The standard InChI is InChI=1S/C18H20Cl2N2/c19-17-7-3-1-5-15(17)13-21-9-11-22(12-10-21)14-16-6-2-4-8-18(16)20/h1-8H,9-14H2. The number of benzene rings is 2. The number of rotatable bonds is 4. The van der Waals surface area contributed by atoms with E-state index < -0.39 is 0 Å². The lowest BCUT2D eigenvalue weighted by molar-refractivity contribution is 0.122. The highest BCUT2D eigenvalue weighted by Crippen LogP contribution is 2.20. The first kappa shape index (κ1) is 15.8. The third kappa shape index (κ3) is 4.02. The first-order valence-electron chi connectivity index (χ1n) is 7.64. The highest BCUT2D eigenvalue weighted by molar-refractivity contribution is 6.31. The SMILES string of the molecule is Clc1ccccc1CN1CCN(Cc2ccccc2Cl)CC1. The summed E-state index contributed by atoms with van der Waals surface area (Å²) in [4.78, 5) is 4.93. The topological polar surface area (TPSA) is 6.48 Å². The van der Waals surface area contributed by atoms with Gasteiger partial charge in [0.2, 0.25) is 0 Å². The molecule has 1 fully saturated rings. The smallest absolute Gasteiger partial charge is 0.0451 e. The minimum atomic E-state index is 0.862. The molecule has 0 unspecified atom stereocenters. The molecule has 1 heterocycles. The number of halogens is 2. The zero-order chi connectivity index (χ0) is 15.4. The van der Waals surface area contributed by atoms with E-state index in [4.69, 9.17) is 23.2 Å². The first-order chi connectivity index (χ1) is 10.7. The van der Waals surface area contributed by atoms with E-state index in [-0.39, 0.29) is 0 Å². The highest BCUT2D eigenvalue weighted by Gasteiger charge is 2.18. The van der Waals surface area contributed by atoms with Gasteiger partial charge >= 0.3 is 0 Å². The fourth-order valence-corrected chi connectivity index (χ4v) is 3.23. The molecule has 0 aliphatic carbocycles. The van der Waals surface area contributed by atoms with Gasteiger partial charge in [0.1, 0.15) is 0 Å². The van der Waals surface area contributed by atoms with Gasteiger partial charge in [-0.1, -0.05) is 59.6 Å². The van der Waals surface area contributed by atoms with E-state index in [2.05, 4.69) is 34.1 Å². The lowest BCUT2D eigenvalue weighted by Gasteiger charge is -2.35. The molecular formula is C18H20Cl2N2. The molecule has 1 saturated heterocycles. The molecule has 116 valence electrons. The van der Waals surface area contributed by atoms with Crippen LogP contribution in [0.2, 0.25) is 10.0 Å². The summed E-state index contributed by atoms with van der Waals surface area (Å²) >= 11 is 12.5. The Morgan fingerprint density at radius 3 is 1.36 bits per heavy atom. The number of hydrogen-bond donors (Lipinski definition) is 0. The molecule has 2 aromatic rings. The molecule has 2 nitrogen and oxygen atoms in total. The monoisotopic (exact) mass is 334 g/mol. The molecule has 1 aliphatic rings. The van der Waals surface area contributed by atoms with Crippen molar-refractivity contribution in [2.75, 3.05) is 26.2 Å². The van der Waals surface area contributed by atoms with Crippen molar-refractivity contribution in [2.45, 2.75) is 13.1 Å². The number of nitrogens with zero attached hydrogens (tertiary/aromatic N) is 2. The molecule has 0 N–H and O–H groups in total. The zero-order valence-electron chi connectivity index (χ0n) is 12.5. The molecule has 0 amide bonds. The Kier molecular flexibility index (Phi) is 5.37. The molecule has 0 atom stereocenters. The van der Waals surface area contributed by atoms with Gasteiger partial charge in [0.15, 0.2) is 0 Å². The van der Waals surface area contributed by atoms with Gasteiger partial charge in [0.25, 0.3) is 0 Å². The van der Waals surface area contributed by atoms with Crippen molar-refractivity contribution in [3.8, 4) is 0 Å². The second-order valence-corrected chi connectivity index (χ2v) is 6.55. The van der Waals surface area contributed by atoms with Crippen LogP contribution in [0.4, 0.5) is 0 Å². The van der Waals surface area contributed by atoms with E-state index in [1.165, 1.54) is 11.1 Å². The maximum absolute atomic E-state index is 6.25. The summed E-state index contributed by atoms with van der Waals surface area (Å²) in [6.07, 6.45) is 0. The average Bonchev–Trinajstić information content (AvgIpc) is 2.54. The van der Waals surface area contributed by atoms with Crippen molar-refractivity contribution in [1.82, 2.24) is 9.80 Å². The van der Waals surface area contributed by atoms with Crippen molar-refractivity contribution in [3.05, 3.63) is 69.7 Å². The predicted molar refractivity (Wildman–Crippen MR) is 93.5 cm³/mol. The molecule has 22 heavy (non-hydrogen) atoms. The van der Waals surface area contributed by atoms with E-state index in [1.54, 1.807) is 0 Å². The third-order valence-corrected chi connectivity index (χ3v) is 4.91. The molecule has 1 aliphatic heterocycles. The summed E-state index contributed by atoms with van der Waals surface area (Å²) in [5.41, 5.74) is 2.42. The van der Waals surface area contributed by atoms with Crippen LogP contribution in [-0.2, 0) is 13.1 Å². The number of piperazine rings is 1. The van der Waals surface area contributed by atoms with E-state index in [0.29, 0.717) is 0 Å². The van der Waals surface area contributed by atoms with Crippen LogP contribution in [-0.4, -0.2) is 36.0 Å². The van der Waals surface area contributed by atoms with Crippen molar-refractivity contribution >= 4 is 23.2 Å². The second kappa shape index (κ2) is 7.47. The molecule has 0 aromatic heterocycles. The largest absolute Gasteiger partial charge is 0.296 e. The van der Waals surface area contributed by atoms with Crippen molar-refractivity contribution in [3.63, 3.8) is 0 Å². The zero-order valence-corrected chi connectivity index (χ0v) is 14.0. The second-order valence-electron chi connectivity index (χ2n) is 5.74. The van der Waals surface area contributed by atoms with Crippen LogP contribution >= 0.6 is 23.2 Å². The fraction of sp³-hybridized carbons (Fsp3) is 0.333. The molecule has 0 bridgehead atoms. The van der Waals surface area contributed by atoms with Crippen LogP contribution in [0, 0.1) is 0 Å². The lowest BCUT2D eigenvalue weighted by Crippen LogP contribution is -2.45. The van der Waals surface area contributed by atoms with Gasteiger partial charge in [0.05, 0.1) is 0 Å². The van der Waals surface area contributed by atoms with E-state index in [9.17, 15) is 0 Å². The molecular weight excluding hydrogens is 315 g/mol. The van der Waals surface area contributed by atoms with Crippen LogP contribution in [0.5, 0.6) is 0 Å². The van der Waals surface area contributed by atoms with Crippen LogP contribution in [0.25, 0.3) is 0 Å². The van der Waals surface area contributed by atoms with E-state index in [0.717, 1.165) is 49.3 Å². The third-order valence-electron chi connectivity index (χ3n) is 4.17. The predicted octanol–water partition coefficient (Wildman–Crippen LogP) is 4.31. The Labute approximate surface area is 142 Å². The molecule has 0 saturated carbocycles. The van der Waals surface area contributed by atoms with Gasteiger partial charge in [-0.15, -0.1) is 0 Å². The van der Waals surface area contributed by atoms with Crippen molar-refractivity contribution in [1.29, 1.82) is 0 Å². The molecule has 4 heteroatoms. The minimum absolute atomic E-state index is 0.862. The summed E-state index contributed by atoms with van der Waals surface area (Å²) in [6, 6.07) is 16.2. The van der Waals surface area contributed by atoms with Gasteiger partial charge in [-0.05, 0) is 23.3 Å². The average molecular weight is 335 g/mol. The Hall–Kier alpha value is -1.06. The molecule has 2 aromatic carbocycles. The summed E-state index contributed by atoms with van der Waals surface area (Å²) in [5, 5.41) is 1.72. The van der Waals surface area contributed by atoms with Crippen LogP contribution in [0.1, 0.15) is 11.1 Å². The van der Waals surface area contributed by atoms with Gasteiger partial charge in [-0.2, -0.15) is 0 Å². The van der Waals surface area contributed by atoms with Crippen LogP contribution < -0.4 is 0 Å². The van der Waals surface area contributed by atoms with Gasteiger partial charge in [-0.3, -0.25) is 9.80 Å². The Morgan fingerprint density at radius 2 is 1.00 bits per heavy atom. The Morgan fingerprint density at radius 1 is 0.636 bits per heavy atom. The Bertz CT molecular complexity index is 566. The molecule has 3 rings (SSSR count). The van der Waals surface area contributed by atoms with Gasteiger partial charge in [-0.25, -0.2) is 0 Å². The number of hydrogen-bond acceptors (Lipinski definition) is 2. The fourth-order valence-electron chi connectivity index (χ4n) is 2.84. The van der Waals surface area contributed by atoms with Crippen molar-refractivity contribution < 1.29 is 0 Å². The van der Waals surface area contributed by atoms with E-state index >= 15 is 0 Å². The Balaban J connectivity index is 1.52. The summed E-state index contributed by atoms with van der Waals surface area (Å²) < 4.78 is 0. The van der Waals surface area contributed by atoms with Crippen LogP contribution in [0.3, 0.4) is 0 Å². The summed E-state index contributed by atoms with van der Waals surface area (Å²) in [7, 11) is 0.